The number of alkyl halides is 1. The zero-order valence-electron chi connectivity index (χ0n) is 8.99. The minimum atomic E-state index is 0.248. The number of fused-ring (bicyclic) bond motifs is 2. The summed E-state index contributed by atoms with van der Waals surface area (Å²) in [5.74, 6) is 0. The zero-order valence-corrected chi connectivity index (χ0v) is 11.1. The molecule has 0 atom stereocenters. The molecule has 1 heterocycles. The smallest absolute Gasteiger partial charge is 0.0137 e. The zero-order chi connectivity index (χ0) is 10.8. The Morgan fingerprint density at radius 3 is 2.50 bits per heavy atom. The van der Waals surface area contributed by atoms with Crippen molar-refractivity contribution in [2.75, 3.05) is 4.43 Å². The molecule has 80 valence electrons. The van der Waals surface area contributed by atoms with Crippen LogP contribution >= 0.6 is 20.7 Å². The number of benzene rings is 1. The van der Waals surface area contributed by atoms with Gasteiger partial charge in [0, 0.05) is 4.43 Å². The first kappa shape index (κ1) is 10.2. The van der Waals surface area contributed by atoms with Crippen molar-refractivity contribution in [3.8, 4) is 0 Å². The molecule has 0 N–H and O–H groups in total. The average molecular weight is 320 g/mol. The van der Waals surface area contributed by atoms with Crippen LogP contribution in [-0.4, -0.2) is 8.44 Å². The molecule has 3 rings (SSSR count). The van der Waals surface area contributed by atoms with Gasteiger partial charge in [0.15, 0.2) is 0 Å². The van der Waals surface area contributed by atoms with E-state index in [-0.39, 0.29) is 20.7 Å². The second kappa shape index (κ2) is 4.50. The van der Waals surface area contributed by atoms with Crippen LogP contribution in [0.5, 0.6) is 0 Å². The first-order chi connectivity index (χ1) is 7.93. The Labute approximate surface area is 105 Å². The molecular weight excluding hydrogens is 307 g/mol. The van der Waals surface area contributed by atoms with Gasteiger partial charge in [0.05, 0.1) is 0 Å². The predicted molar refractivity (Wildman–Crippen MR) is 82.3 cm³/mol. The number of hydrogen-bond acceptors (Lipinski definition) is 0. The summed E-state index contributed by atoms with van der Waals surface area (Å²) in [7, 11) is 0. The predicted octanol–water partition coefficient (Wildman–Crippen LogP) is 2.46. The molecule has 0 aromatic heterocycles. The first-order valence-corrected chi connectivity index (χ1v) is 8.29. The van der Waals surface area contributed by atoms with Crippen molar-refractivity contribution in [2.24, 2.45) is 0 Å². The van der Waals surface area contributed by atoms with Crippen LogP contribution in [0.3, 0.4) is 0 Å². The second-order valence-electron chi connectivity index (χ2n) is 3.96. The van der Waals surface area contributed by atoms with Gasteiger partial charge in [-0.15, -0.1) is 20.7 Å². The van der Waals surface area contributed by atoms with Gasteiger partial charge in [0.25, 0.3) is 0 Å². The van der Waals surface area contributed by atoms with E-state index in [1.165, 1.54) is 26.0 Å². The highest BCUT2D eigenvalue weighted by Crippen LogP contribution is 2.13. The van der Waals surface area contributed by atoms with E-state index in [2.05, 4.69) is 52.6 Å². The molecule has 2 aliphatic rings. The Bertz CT molecular complexity index is 616. The lowest BCUT2D eigenvalue weighted by Crippen LogP contribution is -2.25. The number of rotatable bonds is 0. The van der Waals surface area contributed by atoms with Gasteiger partial charge in [0.1, 0.15) is 0 Å². The van der Waals surface area contributed by atoms with Gasteiger partial charge in [0.2, 0.25) is 0 Å². The van der Waals surface area contributed by atoms with E-state index in [0.29, 0.717) is 0 Å². The van der Waals surface area contributed by atoms with Crippen molar-refractivity contribution in [3.63, 3.8) is 0 Å². The van der Waals surface area contributed by atoms with Crippen molar-refractivity contribution in [3.05, 3.63) is 45.8 Å². The average Bonchev–Trinajstić information content (AvgIpc) is 2.64. The Kier molecular flexibility index (Phi) is 2.87. The monoisotopic (exact) mass is 320 g/mol. The van der Waals surface area contributed by atoms with Crippen LogP contribution in [0.2, 0.25) is 0 Å². The summed E-state index contributed by atoms with van der Waals surface area (Å²) in [6, 6.07) is 4.65. The fourth-order valence-corrected chi connectivity index (χ4v) is 3.70. The van der Waals surface area contributed by atoms with Crippen LogP contribution in [-0.2, 0) is 0 Å². The maximum Gasteiger partial charge on any atom is 0.0137 e. The Hall–Kier alpha value is -0.960. The maximum atomic E-state index is 2.39. The van der Waals surface area contributed by atoms with E-state index in [9.17, 15) is 0 Å². The van der Waals surface area contributed by atoms with Gasteiger partial charge < -0.3 is 0 Å². The molecule has 0 bridgehead atoms. The van der Waals surface area contributed by atoms with Crippen LogP contribution in [0.4, 0.5) is 0 Å². The summed E-state index contributed by atoms with van der Waals surface area (Å²) in [5.41, 5.74) is 2.71. The Morgan fingerprint density at radius 2 is 1.69 bits per heavy atom. The van der Waals surface area contributed by atoms with Crippen molar-refractivity contribution in [2.45, 2.75) is 6.42 Å². The van der Waals surface area contributed by atoms with E-state index in [0.717, 1.165) is 6.42 Å². The van der Waals surface area contributed by atoms with Crippen LogP contribution in [0.1, 0.15) is 17.5 Å². The normalized spacial score (nSPS) is 17.0. The summed E-state index contributed by atoms with van der Waals surface area (Å²) in [6.07, 6.45) is 14.7. The van der Waals surface area contributed by atoms with Gasteiger partial charge in [-0.25, -0.2) is 0 Å². The molecule has 1 heteroatoms. The minimum absolute atomic E-state index is 0.248. The van der Waals surface area contributed by atoms with E-state index in [4.69, 9.17) is 0 Å². The lowest BCUT2D eigenvalue weighted by molar-refractivity contribution is 1.44. The number of hydrogen-bond donors (Lipinski definition) is 0. The summed E-state index contributed by atoms with van der Waals surface area (Å²) >= 11 is 0.248. The standard InChI is InChI=1S/C15H13I/c1-2-4-12-10-14-6-8-16-9-7-15(14)11-13(12)5-3-1/h2-8,10-11H,1,9H2. The van der Waals surface area contributed by atoms with Gasteiger partial charge in [-0.3, -0.25) is 0 Å². The van der Waals surface area contributed by atoms with Crippen LogP contribution in [0.25, 0.3) is 24.3 Å². The molecule has 1 aliphatic carbocycles. The van der Waals surface area contributed by atoms with Crippen molar-refractivity contribution in [1.82, 2.24) is 0 Å². The molecule has 0 unspecified atom stereocenters. The quantitative estimate of drug-likeness (QED) is 0.509. The lowest BCUT2D eigenvalue weighted by atomic mass is 10.0. The highest BCUT2D eigenvalue weighted by molar-refractivity contribution is 14.2. The molecule has 16 heavy (non-hydrogen) atoms. The summed E-state index contributed by atoms with van der Waals surface area (Å²) in [4.78, 5) is 0. The third-order valence-electron chi connectivity index (χ3n) is 2.87. The molecule has 0 nitrogen and oxygen atoms in total. The molecule has 0 saturated heterocycles. The molecule has 1 aromatic rings. The van der Waals surface area contributed by atoms with Gasteiger partial charge in [-0.2, -0.15) is 0 Å². The van der Waals surface area contributed by atoms with E-state index in [1.807, 2.05) is 0 Å². The SMILES string of the molecule is C1=Cc2cc3c(cc2C=CC1)=CCI=CC=3. The number of allylic oxidation sites excluding steroid dienone is 2. The molecule has 1 aromatic carbocycles. The highest BCUT2D eigenvalue weighted by atomic mass is 127. The van der Waals surface area contributed by atoms with E-state index < -0.39 is 0 Å². The van der Waals surface area contributed by atoms with Crippen molar-refractivity contribution >= 4 is 49.0 Å². The lowest BCUT2D eigenvalue weighted by Gasteiger charge is -2.01. The molecule has 0 spiro atoms. The molecular formula is C15H13I. The third-order valence-corrected chi connectivity index (χ3v) is 4.69. The largest absolute Gasteiger partial charge is 0.118 e. The number of halogens is 1. The van der Waals surface area contributed by atoms with Crippen LogP contribution < -0.4 is 10.4 Å². The summed E-state index contributed by atoms with van der Waals surface area (Å²) in [5, 5.41) is 2.79. The van der Waals surface area contributed by atoms with Gasteiger partial charge >= 0.3 is 0 Å². The third kappa shape index (κ3) is 1.96. The molecule has 0 amide bonds. The molecule has 0 saturated carbocycles. The molecule has 0 fully saturated rings. The first-order valence-electron chi connectivity index (χ1n) is 5.52. The van der Waals surface area contributed by atoms with Crippen molar-refractivity contribution in [1.29, 1.82) is 0 Å². The van der Waals surface area contributed by atoms with Gasteiger partial charge in [-0.1, -0.05) is 30.4 Å². The molecule has 0 radical (unpaired) electrons. The Balaban J connectivity index is 2.33. The second-order valence-corrected chi connectivity index (χ2v) is 6.44. The molecule has 1 aliphatic heterocycles. The van der Waals surface area contributed by atoms with E-state index >= 15 is 0 Å². The fourth-order valence-electron chi connectivity index (χ4n) is 2.04. The fraction of sp³-hybridized carbons (Fsp3) is 0.133. The topological polar surface area (TPSA) is 0 Å². The highest BCUT2D eigenvalue weighted by Gasteiger charge is 2.00. The minimum Gasteiger partial charge on any atom is -0.118 e. The van der Waals surface area contributed by atoms with E-state index in [1.54, 1.807) is 0 Å². The van der Waals surface area contributed by atoms with Crippen LogP contribution in [0, 0.1) is 0 Å². The summed E-state index contributed by atoms with van der Waals surface area (Å²) in [6.45, 7) is 0. The maximum absolute atomic E-state index is 2.39. The van der Waals surface area contributed by atoms with Crippen LogP contribution in [0.15, 0.2) is 24.3 Å². The summed E-state index contributed by atoms with van der Waals surface area (Å²) < 4.78 is 3.64. The van der Waals surface area contributed by atoms with Gasteiger partial charge in [-0.05, 0) is 50.2 Å². The van der Waals surface area contributed by atoms with Crippen molar-refractivity contribution < 1.29 is 0 Å². The Morgan fingerprint density at radius 1 is 0.938 bits per heavy atom.